The molecule has 0 aliphatic heterocycles. The summed E-state index contributed by atoms with van der Waals surface area (Å²) in [5.74, 6) is -5.24. The Balaban J connectivity index is 2.10. The van der Waals surface area contributed by atoms with Gasteiger partial charge in [0.2, 0.25) is 5.95 Å². The Morgan fingerprint density at radius 3 is 2.32 bits per heavy atom. The number of hydrogen-bond acceptors (Lipinski definition) is 4. The van der Waals surface area contributed by atoms with Gasteiger partial charge in [0.1, 0.15) is 5.56 Å². The van der Waals surface area contributed by atoms with E-state index in [1.54, 1.807) is 0 Å². The molecule has 0 aliphatic carbocycles. The summed E-state index contributed by atoms with van der Waals surface area (Å²) in [5, 5.41) is 3.04. The number of carbonyl (C=O) groups is 1. The Hall–Kier alpha value is -3.62. The molecule has 3 rings (SSSR count). The first-order valence-electron chi connectivity index (χ1n) is 9.52. The summed E-state index contributed by atoms with van der Waals surface area (Å²) in [6, 6.07) is 5.55. The van der Waals surface area contributed by atoms with Gasteiger partial charge in [-0.1, -0.05) is 13.0 Å². The van der Waals surface area contributed by atoms with Crippen LogP contribution in [0.2, 0.25) is 0 Å². The molecule has 0 unspecified atom stereocenters. The number of nitrogens with zero attached hydrogens (tertiary/aromatic N) is 2. The number of anilines is 2. The highest BCUT2D eigenvalue weighted by atomic mass is 19.2. The van der Waals surface area contributed by atoms with Crippen molar-refractivity contribution in [1.82, 2.24) is 9.55 Å². The fourth-order valence-electron chi connectivity index (χ4n) is 3.29. The molecule has 162 valence electrons. The quantitative estimate of drug-likeness (QED) is 0.583. The van der Waals surface area contributed by atoms with Crippen LogP contribution in [0.5, 0.6) is 0 Å². The third kappa shape index (κ3) is 4.60. The molecule has 1 aromatic heterocycles. The number of rotatable bonds is 6. The fraction of sp³-hybridized carbons (Fsp3) is 0.227. The second-order valence-corrected chi connectivity index (χ2v) is 7.22. The number of hydrogen-bond donors (Lipinski definition) is 2. The second kappa shape index (κ2) is 8.63. The van der Waals surface area contributed by atoms with E-state index in [4.69, 9.17) is 5.73 Å². The van der Waals surface area contributed by atoms with Crippen LogP contribution in [0, 0.1) is 31.3 Å². The van der Waals surface area contributed by atoms with Crippen molar-refractivity contribution in [3.63, 3.8) is 0 Å². The monoisotopic (exact) mass is 430 g/mol. The molecule has 3 aromatic rings. The number of carbonyl (C=O) groups excluding carboxylic acids is 1. The fourth-order valence-corrected chi connectivity index (χ4v) is 3.29. The smallest absolute Gasteiger partial charge is 0.287 e. The molecule has 0 atom stereocenters. The van der Waals surface area contributed by atoms with Gasteiger partial charge in [-0.3, -0.25) is 9.59 Å². The van der Waals surface area contributed by atoms with E-state index < -0.39 is 28.9 Å². The average molecular weight is 430 g/mol. The lowest BCUT2D eigenvalue weighted by Crippen LogP contribution is -2.27. The molecule has 0 fully saturated rings. The summed E-state index contributed by atoms with van der Waals surface area (Å²) in [7, 11) is 0. The van der Waals surface area contributed by atoms with E-state index in [2.05, 4.69) is 10.3 Å². The normalized spacial score (nSPS) is 10.9. The van der Waals surface area contributed by atoms with E-state index in [1.165, 1.54) is 4.57 Å². The van der Waals surface area contributed by atoms with E-state index in [0.717, 1.165) is 41.4 Å². The number of halogens is 3. The molecule has 0 aliphatic rings. The first-order valence-corrected chi connectivity index (χ1v) is 9.52. The molecular weight excluding hydrogens is 409 g/mol. The minimum atomic E-state index is -1.58. The van der Waals surface area contributed by atoms with Gasteiger partial charge < -0.3 is 15.6 Å². The van der Waals surface area contributed by atoms with Crippen molar-refractivity contribution in [3.05, 3.63) is 86.1 Å². The Labute approximate surface area is 176 Å². The highest BCUT2D eigenvalue weighted by Gasteiger charge is 2.16. The van der Waals surface area contributed by atoms with Crippen LogP contribution < -0.4 is 16.6 Å². The van der Waals surface area contributed by atoms with Crippen molar-refractivity contribution in [2.45, 2.75) is 33.7 Å². The van der Waals surface area contributed by atoms with Gasteiger partial charge in [0, 0.05) is 11.9 Å². The van der Waals surface area contributed by atoms with E-state index >= 15 is 0 Å². The Morgan fingerprint density at radius 2 is 1.74 bits per heavy atom. The SMILES string of the molecule is CCc1cc(C)c(Nc2nc(=O)c(C(N)=O)cn2Cc2cc(F)c(F)c(F)c2)cc1C. The average Bonchev–Trinajstić information content (AvgIpc) is 2.70. The number of primary amides is 1. The maximum Gasteiger partial charge on any atom is 0.287 e. The van der Waals surface area contributed by atoms with E-state index in [0.29, 0.717) is 5.69 Å². The van der Waals surface area contributed by atoms with Gasteiger partial charge in [-0.15, -0.1) is 0 Å². The van der Waals surface area contributed by atoms with E-state index in [1.807, 2.05) is 32.9 Å². The molecule has 3 N–H and O–H groups in total. The summed E-state index contributed by atoms with van der Waals surface area (Å²) in [6.45, 7) is 5.67. The highest BCUT2D eigenvalue weighted by Crippen LogP contribution is 2.24. The van der Waals surface area contributed by atoms with Crippen molar-refractivity contribution in [1.29, 1.82) is 0 Å². The van der Waals surface area contributed by atoms with Crippen molar-refractivity contribution in [3.8, 4) is 0 Å². The lowest BCUT2D eigenvalue weighted by atomic mass is 10.0. The molecule has 1 amide bonds. The standard InChI is InChI=1S/C22H21F3N4O2/c1-4-14-5-12(3)18(6-11(14)2)27-22-28-21(31)15(20(26)30)10-29(22)9-13-7-16(23)19(25)17(24)8-13/h5-8,10H,4,9H2,1-3H3,(H2,26,30)(H,27,28,31). The van der Waals surface area contributed by atoms with Crippen LogP contribution in [0.3, 0.4) is 0 Å². The predicted octanol–water partition coefficient (Wildman–Crippen LogP) is 3.73. The molecule has 6 nitrogen and oxygen atoms in total. The van der Waals surface area contributed by atoms with Gasteiger partial charge in [0.05, 0.1) is 6.54 Å². The summed E-state index contributed by atoms with van der Waals surface area (Å²) in [5.41, 5.74) is 7.82. The van der Waals surface area contributed by atoms with Gasteiger partial charge in [-0.05, 0) is 60.7 Å². The van der Waals surface area contributed by atoms with Crippen LogP contribution in [0.1, 0.15) is 39.5 Å². The molecule has 0 saturated carbocycles. The second-order valence-electron chi connectivity index (χ2n) is 7.22. The molecule has 0 radical (unpaired) electrons. The first-order chi connectivity index (χ1) is 14.6. The number of nitrogens with one attached hydrogen (secondary N) is 1. The summed E-state index contributed by atoms with van der Waals surface area (Å²) >= 11 is 0. The number of aromatic nitrogens is 2. The van der Waals surface area contributed by atoms with Crippen molar-refractivity contribution >= 4 is 17.5 Å². The Kier molecular flexibility index (Phi) is 6.14. The van der Waals surface area contributed by atoms with Gasteiger partial charge in [0.25, 0.3) is 11.5 Å². The number of nitrogens with two attached hydrogens (primary N) is 1. The van der Waals surface area contributed by atoms with E-state index in [-0.39, 0.29) is 23.6 Å². The zero-order valence-corrected chi connectivity index (χ0v) is 17.2. The number of amides is 1. The third-order valence-corrected chi connectivity index (χ3v) is 4.97. The third-order valence-electron chi connectivity index (χ3n) is 4.97. The van der Waals surface area contributed by atoms with E-state index in [9.17, 15) is 22.8 Å². The van der Waals surface area contributed by atoms with Crippen LogP contribution >= 0.6 is 0 Å². The molecule has 2 aromatic carbocycles. The first kappa shape index (κ1) is 22.1. The summed E-state index contributed by atoms with van der Waals surface area (Å²) in [6.07, 6.45) is 2.01. The molecule has 1 heterocycles. The summed E-state index contributed by atoms with van der Waals surface area (Å²) < 4.78 is 41.9. The largest absolute Gasteiger partial charge is 0.365 e. The Morgan fingerprint density at radius 1 is 1.10 bits per heavy atom. The van der Waals surface area contributed by atoms with Crippen LogP contribution in [0.4, 0.5) is 24.8 Å². The van der Waals surface area contributed by atoms with Crippen LogP contribution in [0.25, 0.3) is 0 Å². The molecule has 9 heteroatoms. The van der Waals surface area contributed by atoms with Gasteiger partial charge in [-0.2, -0.15) is 4.98 Å². The molecule has 0 saturated heterocycles. The van der Waals surface area contributed by atoms with Crippen molar-refractivity contribution < 1.29 is 18.0 Å². The molecule has 0 bridgehead atoms. The van der Waals surface area contributed by atoms with Crippen molar-refractivity contribution in [2.24, 2.45) is 5.73 Å². The van der Waals surface area contributed by atoms with Gasteiger partial charge >= 0.3 is 0 Å². The number of aryl methyl sites for hydroxylation is 3. The van der Waals surface area contributed by atoms with Crippen LogP contribution in [0.15, 0.2) is 35.3 Å². The highest BCUT2D eigenvalue weighted by molar-refractivity contribution is 5.92. The molecular formula is C22H21F3N4O2. The zero-order chi connectivity index (χ0) is 22.9. The summed E-state index contributed by atoms with van der Waals surface area (Å²) in [4.78, 5) is 27.7. The van der Waals surface area contributed by atoms with Crippen LogP contribution in [-0.2, 0) is 13.0 Å². The predicted molar refractivity (Wildman–Crippen MR) is 111 cm³/mol. The van der Waals surface area contributed by atoms with Crippen molar-refractivity contribution in [2.75, 3.05) is 5.32 Å². The van der Waals surface area contributed by atoms with Gasteiger partial charge in [0.15, 0.2) is 17.5 Å². The molecule has 0 spiro atoms. The Bertz CT molecular complexity index is 1220. The maximum absolute atomic E-state index is 13.7. The molecule has 31 heavy (non-hydrogen) atoms. The van der Waals surface area contributed by atoms with Crippen LogP contribution in [-0.4, -0.2) is 15.5 Å². The van der Waals surface area contributed by atoms with Gasteiger partial charge in [-0.25, -0.2) is 13.2 Å². The zero-order valence-electron chi connectivity index (χ0n) is 17.2. The maximum atomic E-state index is 13.7. The number of benzene rings is 2. The minimum absolute atomic E-state index is 0.0342. The topological polar surface area (TPSA) is 90.0 Å². The lowest BCUT2D eigenvalue weighted by molar-refractivity contribution is 0.0998. The lowest BCUT2D eigenvalue weighted by Gasteiger charge is -2.17. The minimum Gasteiger partial charge on any atom is -0.365 e.